The van der Waals surface area contributed by atoms with Crippen LogP contribution in [0, 0.1) is 0 Å². The Morgan fingerprint density at radius 1 is 0.906 bits per heavy atom. The summed E-state index contributed by atoms with van der Waals surface area (Å²) in [6, 6.07) is 25.1. The topological polar surface area (TPSA) is 0 Å². The molecule has 0 unspecified atom stereocenters. The quantitative estimate of drug-likeness (QED) is 0.261. The minimum atomic E-state index is 0. The maximum atomic E-state index is 2.42. The fraction of sp³-hybridized carbons (Fsp3) is 0.321. The Labute approximate surface area is 221 Å². The number of fused-ring (bicyclic) bond motifs is 2. The van der Waals surface area contributed by atoms with Gasteiger partial charge in [0.15, 0.2) is 0 Å². The average Bonchev–Trinajstić information content (AvgIpc) is 3.13. The Morgan fingerprint density at radius 2 is 1.56 bits per heavy atom. The van der Waals surface area contributed by atoms with E-state index < -0.39 is 0 Å². The molecule has 0 aliphatic rings. The second-order valence-electron chi connectivity index (χ2n) is 8.76. The third kappa shape index (κ3) is 7.63. The molecule has 0 radical (unpaired) electrons. The minimum absolute atomic E-state index is 0. The van der Waals surface area contributed by atoms with Gasteiger partial charge in [0.1, 0.15) is 0 Å². The fourth-order valence-corrected chi connectivity index (χ4v) is 3.86. The van der Waals surface area contributed by atoms with Crippen LogP contribution in [0.3, 0.4) is 0 Å². The molecule has 0 bridgehead atoms. The van der Waals surface area contributed by atoms with E-state index in [0.717, 1.165) is 0 Å². The molecule has 4 aromatic carbocycles. The number of aryl methyl sites for hydroxylation is 1. The molecule has 4 aromatic rings. The molecule has 0 saturated carbocycles. The van der Waals surface area contributed by atoms with Crippen molar-refractivity contribution in [3.05, 3.63) is 77.9 Å². The van der Waals surface area contributed by atoms with Crippen LogP contribution < -0.4 is 24.8 Å². The monoisotopic (exact) mass is 557 g/mol. The third-order valence-electron chi connectivity index (χ3n) is 5.45. The van der Waals surface area contributed by atoms with Gasteiger partial charge >= 0.3 is 41.9 Å². The summed E-state index contributed by atoms with van der Waals surface area (Å²) in [5.41, 5.74) is 5.81. The van der Waals surface area contributed by atoms with Crippen molar-refractivity contribution < 1.29 is 48.1 Å². The van der Waals surface area contributed by atoms with Crippen molar-refractivity contribution in [1.29, 1.82) is 0 Å². The Bertz CT molecular complexity index is 1160. The zero-order valence-electron chi connectivity index (χ0n) is 19.8. The van der Waals surface area contributed by atoms with Crippen molar-refractivity contribution in [2.45, 2.75) is 59.0 Å². The smallest absolute Gasteiger partial charge is 1.00 e. The molecule has 32 heavy (non-hydrogen) atoms. The summed E-state index contributed by atoms with van der Waals surface area (Å²) in [6.45, 7) is 11.4. The van der Waals surface area contributed by atoms with Crippen molar-refractivity contribution in [2.75, 3.05) is 0 Å². The summed E-state index contributed by atoms with van der Waals surface area (Å²) in [7, 11) is 0. The van der Waals surface area contributed by atoms with Crippen LogP contribution in [0.15, 0.2) is 66.7 Å². The zero-order chi connectivity index (χ0) is 21.7. The molecule has 168 valence electrons. The van der Waals surface area contributed by atoms with Crippen molar-refractivity contribution in [3.63, 3.8) is 0 Å². The fourth-order valence-electron chi connectivity index (χ4n) is 3.86. The Kier molecular flexibility index (Phi) is 12.6. The first-order valence-electron chi connectivity index (χ1n) is 11.1. The van der Waals surface area contributed by atoms with Crippen LogP contribution in [-0.4, -0.2) is 5.43 Å². The second kappa shape index (κ2) is 13.8. The van der Waals surface area contributed by atoms with E-state index >= 15 is 0 Å². The summed E-state index contributed by atoms with van der Waals surface area (Å²) >= 11 is 1.74. The van der Waals surface area contributed by atoms with E-state index in [9.17, 15) is 0 Å². The van der Waals surface area contributed by atoms with Gasteiger partial charge in [-0.1, -0.05) is 87.2 Å². The number of benzene rings is 3. The summed E-state index contributed by atoms with van der Waals surface area (Å²) in [5.74, 6) is 0.535. The van der Waals surface area contributed by atoms with E-state index in [1.165, 1.54) is 63.1 Å². The molecule has 0 aliphatic carbocycles. The first-order chi connectivity index (χ1) is 14.4. The molecular formula is C28H33Cl2SiZr-. The minimum Gasteiger partial charge on any atom is -1.00 e. The van der Waals surface area contributed by atoms with Gasteiger partial charge in [0, 0.05) is 0 Å². The summed E-state index contributed by atoms with van der Waals surface area (Å²) in [4.78, 5) is 0. The molecular weight excluding hydrogens is 527 g/mol. The molecule has 4 rings (SSSR count). The molecule has 0 heterocycles. The van der Waals surface area contributed by atoms with Crippen LogP contribution in [0.2, 0.25) is 13.1 Å². The van der Waals surface area contributed by atoms with E-state index in [4.69, 9.17) is 0 Å². The number of halogens is 2. The van der Waals surface area contributed by atoms with Gasteiger partial charge < -0.3 is 24.8 Å². The van der Waals surface area contributed by atoms with E-state index in [1.54, 1.807) is 23.3 Å². The first-order valence-corrected chi connectivity index (χ1v) is 17.3. The van der Waals surface area contributed by atoms with Gasteiger partial charge in [-0.25, -0.2) is 0 Å². The maximum Gasteiger partial charge on any atom is -1.00 e. The van der Waals surface area contributed by atoms with E-state index in [2.05, 4.69) is 101 Å². The van der Waals surface area contributed by atoms with Gasteiger partial charge in [0.25, 0.3) is 0 Å². The summed E-state index contributed by atoms with van der Waals surface area (Å²) < 4.78 is 0. The first kappa shape index (κ1) is 29.2. The number of unbranched alkanes of at least 4 members (excludes halogenated alkanes) is 1. The molecule has 4 heteroatoms. The summed E-state index contributed by atoms with van der Waals surface area (Å²) in [5, 5.41) is 5.41. The number of rotatable bonds is 5. The molecule has 0 spiro atoms. The predicted molar refractivity (Wildman–Crippen MR) is 133 cm³/mol. The van der Waals surface area contributed by atoms with Crippen LogP contribution in [0.5, 0.6) is 0 Å². The predicted octanol–water partition coefficient (Wildman–Crippen LogP) is 2.64. The Balaban J connectivity index is 0.000000790. The second-order valence-corrected chi connectivity index (χ2v) is 18.1. The molecule has 0 atom stereocenters. The van der Waals surface area contributed by atoms with Crippen molar-refractivity contribution in [1.82, 2.24) is 0 Å². The van der Waals surface area contributed by atoms with Gasteiger partial charge in [0.05, 0.1) is 0 Å². The van der Waals surface area contributed by atoms with Crippen LogP contribution >= 0.6 is 0 Å². The van der Waals surface area contributed by atoms with Gasteiger partial charge in [-0.15, -0.1) is 28.5 Å². The summed E-state index contributed by atoms with van der Waals surface area (Å²) in [6.07, 6.45) is 3.69. The molecule has 0 N–H and O–H groups in total. The van der Waals surface area contributed by atoms with E-state index in [-0.39, 0.29) is 30.2 Å². The maximum absolute atomic E-state index is 2.42. The number of hydrogen-bond donors (Lipinski definition) is 0. The van der Waals surface area contributed by atoms with Crippen molar-refractivity contribution in [2.24, 2.45) is 0 Å². The number of hydrogen-bond acceptors (Lipinski definition) is 0. The van der Waals surface area contributed by atoms with Crippen LogP contribution in [0.1, 0.15) is 50.7 Å². The van der Waals surface area contributed by atoms with E-state index in [0.29, 0.717) is 5.92 Å². The zero-order valence-corrected chi connectivity index (χ0v) is 24.8. The van der Waals surface area contributed by atoms with Crippen LogP contribution in [0.25, 0.3) is 32.7 Å². The van der Waals surface area contributed by atoms with Crippen LogP contribution in [0.4, 0.5) is 0 Å². The van der Waals surface area contributed by atoms with E-state index in [1.807, 2.05) is 0 Å². The normalized spacial score (nSPS) is 10.4. The van der Waals surface area contributed by atoms with Crippen molar-refractivity contribution >= 4 is 27.0 Å². The largest absolute Gasteiger partial charge is 1.00 e. The molecule has 0 fully saturated rings. The van der Waals surface area contributed by atoms with Crippen LogP contribution in [-0.2, 0) is 29.8 Å². The molecule has 0 amide bonds. The SMILES string of the molecule is CCCCc1cc2c(-c3ccc4ccccc4c3)cc(C(C)C)cc2[cH-]1.C[Si](C)=[Zr+2].[Cl-].[Cl-]. The Morgan fingerprint density at radius 3 is 2.19 bits per heavy atom. The van der Waals surface area contributed by atoms with Crippen molar-refractivity contribution in [3.8, 4) is 11.1 Å². The average molecular weight is 560 g/mol. The van der Waals surface area contributed by atoms with Gasteiger partial charge in [-0.2, -0.15) is 6.07 Å². The van der Waals surface area contributed by atoms with Gasteiger partial charge in [0.2, 0.25) is 0 Å². The Hall–Kier alpha value is -0.790. The third-order valence-corrected chi connectivity index (χ3v) is 5.45. The molecule has 0 saturated heterocycles. The molecule has 0 aromatic heterocycles. The molecule has 0 aliphatic heterocycles. The standard InChI is InChI=1S/C26H27.C2H6Si.2ClH.Zr/c1-4-5-8-19-13-24-16-23(18(2)3)17-26(25(24)14-19)22-12-11-20-9-6-7-10-21(20)15-22;1-3-2;;;/h6-7,9-18H,4-5,8H2,1-3H3;1-2H3;2*1H;/q-1;;;;+2/p-2. The molecule has 0 nitrogen and oxygen atoms in total. The van der Waals surface area contributed by atoms with Gasteiger partial charge in [-0.05, 0) is 34.7 Å². The van der Waals surface area contributed by atoms with Gasteiger partial charge in [-0.3, -0.25) is 0 Å².